The topological polar surface area (TPSA) is 30.5 Å². The molecule has 1 N–H and O–H groups in total. The van der Waals surface area contributed by atoms with Crippen LogP contribution in [0.4, 0.5) is 0 Å². The van der Waals surface area contributed by atoms with E-state index < -0.39 is 0 Å². The lowest BCUT2D eigenvalue weighted by Gasteiger charge is -2.28. The van der Waals surface area contributed by atoms with Crippen LogP contribution in [-0.4, -0.2) is 24.9 Å². The highest BCUT2D eigenvalue weighted by Crippen LogP contribution is 2.42. The van der Waals surface area contributed by atoms with Crippen molar-refractivity contribution < 1.29 is 9.47 Å². The average molecular weight is 289 g/mol. The minimum atomic E-state index is -0.200. The maximum absolute atomic E-state index is 6.05. The molecule has 3 nitrogen and oxygen atoms in total. The highest BCUT2D eigenvalue weighted by Gasteiger charge is 2.40. The Kier molecular flexibility index (Phi) is 4.51. The monoisotopic (exact) mass is 289 g/mol. The molecular formula is C18H27NO2. The molecule has 0 spiro atoms. The number of hydrogen-bond acceptors (Lipinski definition) is 3. The van der Waals surface area contributed by atoms with E-state index in [4.69, 9.17) is 9.47 Å². The second-order valence-corrected chi connectivity index (χ2v) is 6.76. The minimum absolute atomic E-state index is 0.200. The Morgan fingerprint density at radius 2 is 1.95 bits per heavy atom. The molecule has 3 heteroatoms. The molecule has 1 aromatic rings. The van der Waals surface area contributed by atoms with Crippen molar-refractivity contribution in [2.45, 2.75) is 63.7 Å². The molecule has 21 heavy (non-hydrogen) atoms. The first kappa shape index (κ1) is 14.9. The summed E-state index contributed by atoms with van der Waals surface area (Å²) in [5.41, 5.74) is 1.06. The van der Waals surface area contributed by atoms with Gasteiger partial charge in [0.2, 0.25) is 0 Å². The smallest absolute Gasteiger partial charge is 0.125 e. The lowest BCUT2D eigenvalue weighted by molar-refractivity contribution is 0.0251. The maximum Gasteiger partial charge on any atom is 0.125 e. The van der Waals surface area contributed by atoms with Gasteiger partial charge in [0.25, 0.3) is 0 Å². The van der Waals surface area contributed by atoms with Crippen LogP contribution in [0, 0.1) is 0 Å². The Hall–Kier alpha value is -1.06. The Labute approximate surface area is 128 Å². The van der Waals surface area contributed by atoms with Crippen LogP contribution in [0.15, 0.2) is 24.3 Å². The van der Waals surface area contributed by atoms with Crippen LogP contribution in [0.5, 0.6) is 5.75 Å². The molecule has 1 fully saturated rings. The molecule has 0 bridgehead atoms. The van der Waals surface area contributed by atoms with Crippen molar-refractivity contribution in [3.63, 3.8) is 0 Å². The minimum Gasteiger partial charge on any atom is -0.486 e. The molecule has 1 atom stereocenters. The lowest BCUT2D eigenvalue weighted by atomic mass is 9.94. The molecule has 0 saturated heterocycles. The van der Waals surface area contributed by atoms with E-state index in [9.17, 15) is 0 Å². The fourth-order valence-corrected chi connectivity index (χ4v) is 3.55. The van der Waals surface area contributed by atoms with Gasteiger partial charge in [-0.05, 0) is 32.8 Å². The standard InChI is InChI=1S/C18H27NO2/c1-18(2)17(15-10-6-7-11-16(15)21-18)19-12-13-20-14-8-4-3-5-9-14/h6-7,10-11,14,17,19H,3-5,8-9,12-13H2,1-2H3. The SMILES string of the molecule is CC1(C)Oc2ccccc2C1NCCOC1CCCCC1. The fourth-order valence-electron chi connectivity index (χ4n) is 3.55. The molecule has 1 unspecified atom stereocenters. The summed E-state index contributed by atoms with van der Waals surface area (Å²) in [6.45, 7) is 5.96. The Morgan fingerprint density at radius 3 is 2.76 bits per heavy atom. The third-order valence-corrected chi connectivity index (χ3v) is 4.65. The summed E-state index contributed by atoms with van der Waals surface area (Å²) in [5.74, 6) is 1.01. The number of fused-ring (bicyclic) bond motifs is 1. The summed E-state index contributed by atoms with van der Waals surface area (Å²) in [6.07, 6.45) is 6.99. The molecule has 0 amide bonds. The fraction of sp³-hybridized carbons (Fsp3) is 0.667. The van der Waals surface area contributed by atoms with Crippen molar-refractivity contribution in [2.75, 3.05) is 13.2 Å². The number of rotatable bonds is 5. The van der Waals surface area contributed by atoms with Crippen LogP contribution in [0.3, 0.4) is 0 Å². The Bertz CT molecular complexity index is 466. The second kappa shape index (κ2) is 6.37. The van der Waals surface area contributed by atoms with Crippen molar-refractivity contribution in [1.29, 1.82) is 0 Å². The van der Waals surface area contributed by atoms with Gasteiger partial charge in [0.1, 0.15) is 11.4 Å². The molecule has 0 aromatic heterocycles. The van der Waals surface area contributed by atoms with Crippen molar-refractivity contribution in [2.24, 2.45) is 0 Å². The highest BCUT2D eigenvalue weighted by atomic mass is 16.5. The van der Waals surface area contributed by atoms with Gasteiger partial charge in [-0.1, -0.05) is 37.5 Å². The second-order valence-electron chi connectivity index (χ2n) is 6.76. The lowest BCUT2D eigenvalue weighted by Crippen LogP contribution is -2.40. The summed E-state index contributed by atoms with van der Waals surface area (Å²) in [6, 6.07) is 8.56. The van der Waals surface area contributed by atoms with E-state index in [1.165, 1.54) is 37.7 Å². The van der Waals surface area contributed by atoms with E-state index >= 15 is 0 Å². The molecule has 1 aliphatic heterocycles. The molecule has 116 valence electrons. The zero-order valence-corrected chi connectivity index (χ0v) is 13.2. The van der Waals surface area contributed by atoms with E-state index in [-0.39, 0.29) is 11.6 Å². The molecule has 1 heterocycles. The molecule has 1 aromatic carbocycles. The highest BCUT2D eigenvalue weighted by molar-refractivity contribution is 5.42. The quantitative estimate of drug-likeness (QED) is 0.835. The summed E-state index contributed by atoms with van der Waals surface area (Å²) in [5, 5.41) is 3.62. The molecule has 2 aliphatic rings. The zero-order valence-electron chi connectivity index (χ0n) is 13.2. The van der Waals surface area contributed by atoms with E-state index in [2.05, 4.69) is 37.4 Å². The maximum atomic E-state index is 6.05. The summed E-state index contributed by atoms with van der Waals surface area (Å²) < 4.78 is 12.0. The predicted molar refractivity (Wildman–Crippen MR) is 84.7 cm³/mol. The van der Waals surface area contributed by atoms with Crippen molar-refractivity contribution >= 4 is 0 Å². The van der Waals surface area contributed by atoms with Crippen molar-refractivity contribution in [1.82, 2.24) is 5.32 Å². The van der Waals surface area contributed by atoms with Gasteiger partial charge < -0.3 is 14.8 Å². The van der Waals surface area contributed by atoms with Crippen LogP contribution in [0.1, 0.15) is 57.6 Å². The summed E-state index contributed by atoms with van der Waals surface area (Å²) in [7, 11) is 0. The van der Waals surface area contributed by atoms with E-state index in [0.717, 1.165) is 18.9 Å². The number of hydrogen-bond donors (Lipinski definition) is 1. The summed E-state index contributed by atoms with van der Waals surface area (Å²) in [4.78, 5) is 0. The number of para-hydroxylation sites is 1. The number of ether oxygens (including phenoxy) is 2. The largest absolute Gasteiger partial charge is 0.486 e. The zero-order chi connectivity index (χ0) is 14.7. The first-order valence-electron chi connectivity index (χ1n) is 8.30. The van der Waals surface area contributed by atoms with Gasteiger partial charge in [0, 0.05) is 12.1 Å². The van der Waals surface area contributed by atoms with Crippen LogP contribution in [0.25, 0.3) is 0 Å². The van der Waals surface area contributed by atoms with Gasteiger partial charge >= 0.3 is 0 Å². The van der Waals surface area contributed by atoms with Crippen LogP contribution >= 0.6 is 0 Å². The van der Waals surface area contributed by atoms with Gasteiger partial charge in [0.15, 0.2) is 0 Å². The van der Waals surface area contributed by atoms with E-state index in [1.807, 2.05) is 6.07 Å². The van der Waals surface area contributed by atoms with Gasteiger partial charge in [-0.25, -0.2) is 0 Å². The van der Waals surface area contributed by atoms with Crippen LogP contribution in [0.2, 0.25) is 0 Å². The number of nitrogens with one attached hydrogen (secondary N) is 1. The summed E-state index contributed by atoms with van der Waals surface area (Å²) >= 11 is 0. The van der Waals surface area contributed by atoms with Gasteiger partial charge in [-0.3, -0.25) is 0 Å². The third-order valence-electron chi connectivity index (χ3n) is 4.65. The van der Waals surface area contributed by atoms with Crippen LogP contribution < -0.4 is 10.1 Å². The van der Waals surface area contributed by atoms with Crippen LogP contribution in [-0.2, 0) is 4.74 Å². The van der Waals surface area contributed by atoms with E-state index in [1.54, 1.807) is 0 Å². The first-order chi connectivity index (χ1) is 10.2. The normalized spacial score (nSPS) is 24.6. The Balaban J connectivity index is 1.50. The molecule has 0 radical (unpaired) electrons. The van der Waals surface area contributed by atoms with Gasteiger partial charge in [-0.15, -0.1) is 0 Å². The van der Waals surface area contributed by atoms with Crippen molar-refractivity contribution in [3.8, 4) is 5.75 Å². The molecule has 1 saturated carbocycles. The van der Waals surface area contributed by atoms with Gasteiger partial charge in [-0.2, -0.15) is 0 Å². The molecule has 3 rings (SSSR count). The predicted octanol–water partition coefficient (Wildman–Crippen LogP) is 3.84. The molecular weight excluding hydrogens is 262 g/mol. The Morgan fingerprint density at radius 1 is 1.19 bits per heavy atom. The first-order valence-corrected chi connectivity index (χ1v) is 8.30. The third kappa shape index (κ3) is 3.41. The van der Waals surface area contributed by atoms with E-state index in [0.29, 0.717) is 6.10 Å². The average Bonchev–Trinajstić information content (AvgIpc) is 2.75. The van der Waals surface area contributed by atoms with Gasteiger partial charge in [0.05, 0.1) is 18.8 Å². The number of benzene rings is 1. The molecule has 1 aliphatic carbocycles. The van der Waals surface area contributed by atoms with Crippen molar-refractivity contribution in [3.05, 3.63) is 29.8 Å².